The predicted molar refractivity (Wildman–Crippen MR) is 74.3 cm³/mol. The van der Waals surface area contributed by atoms with Gasteiger partial charge in [-0.05, 0) is 19.4 Å². The summed E-state index contributed by atoms with van der Waals surface area (Å²) < 4.78 is 7.72. The first-order chi connectivity index (χ1) is 9.43. The van der Waals surface area contributed by atoms with Gasteiger partial charge in [-0.2, -0.15) is 0 Å². The van der Waals surface area contributed by atoms with E-state index in [2.05, 4.69) is 19.8 Å². The average molecular weight is 264 g/mol. The summed E-state index contributed by atoms with van der Waals surface area (Å²) in [6.07, 6.45) is 6.48. The Labute approximate surface area is 114 Å². The van der Waals surface area contributed by atoms with Gasteiger partial charge < -0.3 is 14.6 Å². The fourth-order valence-electron chi connectivity index (χ4n) is 3.05. The lowest BCUT2D eigenvalue weighted by Crippen LogP contribution is -2.37. The second-order valence-electron chi connectivity index (χ2n) is 5.51. The topological polar surface area (TPSA) is 42.3 Å². The number of imidazole rings is 1. The number of morpholine rings is 1. The molecular weight excluding hydrogens is 240 g/mol. The number of rotatable bonds is 5. The van der Waals surface area contributed by atoms with Crippen LogP contribution in [0.25, 0.3) is 0 Å². The standard InChI is InChI=1S/C14H24N4O/c1(4-17-6-8-19-9-7-17)5-18-12-16-11-14(18)13-2-3-15-10-13/h11-13,15H,1-10H2. The highest BCUT2D eigenvalue weighted by atomic mass is 16.5. The number of nitrogens with one attached hydrogen (secondary N) is 1. The molecule has 2 aliphatic heterocycles. The van der Waals surface area contributed by atoms with Crippen LogP contribution in [0.15, 0.2) is 12.5 Å². The van der Waals surface area contributed by atoms with Gasteiger partial charge in [-0.1, -0.05) is 0 Å². The van der Waals surface area contributed by atoms with Crippen molar-refractivity contribution < 1.29 is 4.74 Å². The summed E-state index contributed by atoms with van der Waals surface area (Å²) in [7, 11) is 0. The molecular formula is C14H24N4O. The molecule has 1 unspecified atom stereocenters. The van der Waals surface area contributed by atoms with E-state index in [4.69, 9.17) is 4.74 Å². The maximum Gasteiger partial charge on any atom is 0.0948 e. The van der Waals surface area contributed by atoms with Crippen LogP contribution in [0.1, 0.15) is 24.5 Å². The van der Waals surface area contributed by atoms with Crippen molar-refractivity contribution in [2.45, 2.75) is 25.3 Å². The zero-order chi connectivity index (χ0) is 12.9. The number of aromatic nitrogens is 2. The molecule has 3 rings (SSSR count). The molecule has 2 aliphatic rings. The molecule has 0 aliphatic carbocycles. The van der Waals surface area contributed by atoms with Gasteiger partial charge in [0.2, 0.25) is 0 Å². The van der Waals surface area contributed by atoms with E-state index in [1.165, 1.54) is 25.1 Å². The van der Waals surface area contributed by atoms with Crippen LogP contribution in [0.4, 0.5) is 0 Å². The summed E-state index contributed by atoms with van der Waals surface area (Å²) in [6, 6.07) is 0. The quantitative estimate of drug-likeness (QED) is 0.849. The van der Waals surface area contributed by atoms with E-state index < -0.39 is 0 Å². The first-order valence-corrected chi connectivity index (χ1v) is 7.44. The van der Waals surface area contributed by atoms with Crippen molar-refractivity contribution in [3.63, 3.8) is 0 Å². The summed E-state index contributed by atoms with van der Waals surface area (Å²) in [5.41, 5.74) is 1.41. The average Bonchev–Trinajstić information content (AvgIpc) is 3.10. The summed E-state index contributed by atoms with van der Waals surface area (Å²) >= 11 is 0. The van der Waals surface area contributed by atoms with Gasteiger partial charge >= 0.3 is 0 Å². The Morgan fingerprint density at radius 1 is 1.32 bits per heavy atom. The number of ether oxygens (including phenoxy) is 1. The van der Waals surface area contributed by atoms with Crippen LogP contribution in [0.2, 0.25) is 0 Å². The Bertz CT molecular complexity index is 381. The van der Waals surface area contributed by atoms with Gasteiger partial charge in [-0.3, -0.25) is 4.90 Å². The van der Waals surface area contributed by atoms with E-state index in [1.807, 2.05) is 12.5 Å². The molecule has 5 heteroatoms. The van der Waals surface area contributed by atoms with Gasteiger partial charge in [0.05, 0.1) is 19.5 Å². The third-order valence-corrected chi connectivity index (χ3v) is 4.20. The van der Waals surface area contributed by atoms with Crippen LogP contribution in [-0.2, 0) is 11.3 Å². The molecule has 0 saturated carbocycles. The minimum absolute atomic E-state index is 0.658. The Balaban J connectivity index is 1.48. The second-order valence-corrected chi connectivity index (χ2v) is 5.51. The zero-order valence-corrected chi connectivity index (χ0v) is 11.6. The molecule has 0 aromatic carbocycles. The van der Waals surface area contributed by atoms with E-state index in [-0.39, 0.29) is 0 Å². The van der Waals surface area contributed by atoms with Gasteiger partial charge in [0, 0.05) is 50.5 Å². The maximum absolute atomic E-state index is 5.37. The summed E-state index contributed by atoms with van der Waals surface area (Å²) in [4.78, 5) is 6.83. The highest BCUT2D eigenvalue weighted by Gasteiger charge is 2.20. The Morgan fingerprint density at radius 3 is 3.00 bits per heavy atom. The van der Waals surface area contributed by atoms with Gasteiger partial charge in [-0.25, -0.2) is 4.98 Å². The molecule has 1 aromatic heterocycles. The van der Waals surface area contributed by atoms with Crippen LogP contribution in [0, 0.1) is 0 Å². The molecule has 1 N–H and O–H groups in total. The molecule has 0 bridgehead atoms. The molecule has 19 heavy (non-hydrogen) atoms. The number of nitrogens with zero attached hydrogens (tertiary/aromatic N) is 3. The summed E-state index contributed by atoms with van der Waals surface area (Å²) in [5.74, 6) is 0.658. The lowest BCUT2D eigenvalue weighted by Gasteiger charge is -2.26. The lowest BCUT2D eigenvalue weighted by molar-refractivity contribution is 0.0369. The van der Waals surface area contributed by atoms with E-state index in [9.17, 15) is 0 Å². The number of aryl methyl sites for hydroxylation is 1. The molecule has 106 valence electrons. The van der Waals surface area contributed by atoms with Crippen LogP contribution in [0.3, 0.4) is 0 Å². The first kappa shape index (κ1) is 13.1. The van der Waals surface area contributed by atoms with E-state index in [0.29, 0.717) is 5.92 Å². The van der Waals surface area contributed by atoms with Crippen molar-refractivity contribution in [1.82, 2.24) is 19.8 Å². The van der Waals surface area contributed by atoms with E-state index in [0.717, 1.165) is 45.9 Å². The van der Waals surface area contributed by atoms with Crippen molar-refractivity contribution in [2.75, 3.05) is 45.9 Å². The molecule has 3 heterocycles. The van der Waals surface area contributed by atoms with Gasteiger partial charge in [0.25, 0.3) is 0 Å². The fourth-order valence-corrected chi connectivity index (χ4v) is 3.05. The molecule has 1 aromatic rings. The number of hydrogen-bond acceptors (Lipinski definition) is 4. The van der Waals surface area contributed by atoms with Gasteiger partial charge in [0.15, 0.2) is 0 Å². The van der Waals surface area contributed by atoms with Crippen LogP contribution >= 0.6 is 0 Å². The molecule has 5 nitrogen and oxygen atoms in total. The minimum Gasteiger partial charge on any atom is -0.379 e. The van der Waals surface area contributed by atoms with Crippen molar-refractivity contribution >= 4 is 0 Å². The Morgan fingerprint density at radius 2 is 2.21 bits per heavy atom. The largest absolute Gasteiger partial charge is 0.379 e. The fraction of sp³-hybridized carbons (Fsp3) is 0.786. The highest BCUT2D eigenvalue weighted by molar-refractivity contribution is 5.09. The second kappa shape index (κ2) is 6.50. The zero-order valence-electron chi connectivity index (χ0n) is 11.6. The van der Waals surface area contributed by atoms with Crippen LogP contribution in [-0.4, -0.2) is 60.4 Å². The van der Waals surface area contributed by atoms with Gasteiger partial charge in [-0.15, -0.1) is 0 Å². The SMILES string of the molecule is c1ncn(CCCN2CCOCC2)c1C1CCNC1. The third-order valence-electron chi connectivity index (χ3n) is 4.20. The monoisotopic (exact) mass is 264 g/mol. The predicted octanol–water partition coefficient (Wildman–Crippen LogP) is 0.682. The molecule has 0 radical (unpaired) electrons. The Kier molecular flexibility index (Phi) is 4.48. The molecule has 1 atom stereocenters. The van der Waals surface area contributed by atoms with Gasteiger partial charge in [0.1, 0.15) is 0 Å². The van der Waals surface area contributed by atoms with Crippen LogP contribution in [0.5, 0.6) is 0 Å². The highest BCUT2D eigenvalue weighted by Crippen LogP contribution is 2.22. The van der Waals surface area contributed by atoms with E-state index >= 15 is 0 Å². The minimum atomic E-state index is 0.658. The third kappa shape index (κ3) is 3.35. The first-order valence-electron chi connectivity index (χ1n) is 7.44. The van der Waals surface area contributed by atoms with Crippen molar-refractivity contribution in [3.05, 3.63) is 18.2 Å². The lowest BCUT2D eigenvalue weighted by atomic mass is 10.1. The summed E-state index contributed by atoms with van der Waals surface area (Å²) in [5, 5.41) is 3.43. The Hall–Kier alpha value is -0.910. The summed E-state index contributed by atoms with van der Waals surface area (Å²) in [6.45, 7) is 8.46. The normalized spacial score (nSPS) is 24.9. The maximum atomic E-state index is 5.37. The molecule has 0 amide bonds. The van der Waals surface area contributed by atoms with E-state index in [1.54, 1.807) is 0 Å². The van der Waals surface area contributed by atoms with Crippen molar-refractivity contribution in [2.24, 2.45) is 0 Å². The number of hydrogen-bond donors (Lipinski definition) is 1. The van der Waals surface area contributed by atoms with Crippen LogP contribution < -0.4 is 5.32 Å². The molecule has 2 saturated heterocycles. The molecule has 2 fully saturated rings. The van der Waals surface area contributed by atoms with Crippen molar-refractivity contribution in [1.29, 1.82) is 0 Å². The smallest absolute Gasteiger partial charge is 0.0948 e. The molecule has 0 spiro atoms. The van der Waals surface area contributed by atoms with Crippen molar-refractivity contribution in [3.8, 4) is 0 Å².